The fourth-order valence-corrected chi connectivity index (χ4v) is 3.08. The normalized spacial score (nSPS) is 29.2. The predicted octanol–water partition coefficient (Wildman–Crippen LogP) is 3.09. The molecule has 1 aromatic rings. The first kappa shape index (κ1) is 13.3. The molecule has 2 atom stereocenters. The number of nitrogen functional groups attached to an aromatic ring is 1. The number of hydrogen-bond acceptors (Lipinski definition) is 3. The third kappa shape index (κ3) is 2.66. The van der Waals surface area contributed by atoms with Gasteiger partial charge in [0.05, 0.1) is 5.60 Å². The molecule has 18 heavy (non-hydrogen) atoms. The Balaban J connectivity index is 2.19. The van der Waals surface area contributed by atoms with E-state index in [-0.39, 0.29) is 0 Å². The number of aromatic nitrogens is 1. The molecule has 0 bridgehead atoms. The number of hydrogen-bond donors (Lipinski definition) is 2. The van der Waals surface area contributed by atoms with Crippen LogP contribution >= 0.6 is 0 Å². The van der Waals surface area contributed by atoms with Crippen LogP contribution in [-0.4, -0.2) is 10.1 Å². The lowest BCUT2D eigenvalue weighted by Gasteiger charge is -2.28. The monoisotopic (exact) mass is 248 g/mol. The first-order valence-corrected chi connectivity index (χ1v) is 6.95. The van der Waals surface area contributed by atoms with Gasteiger partial charge >= 0.3 is 0 Å². The maximum absolute atomic E-state index is 10.9. The lowest BCUT2D eigenvalue weighted by atomic mass is 9.85. The van der Waals surface area contributed by atoms with E-state index in [1.807, 2.05) is 0 Å². The second-order valence-corrected chi connectivity index (χ2v) is 5.93. The fraction of sp³-hybridized carbons (Fsp3) is 0.667. The fourth-order valence-electron chi connectivity index (χ4n) is 3.08. The summed E-state index contributed by atoms with van der Waals surface area (Å²) >= 11 is 0. The molecule has 0 spiro atoms. The van der Waals surface area contributed by atoms with Gasteiger partial charge in [-0.1, -0.05) is 20.3 Å². The Hall–Kier alpha value is -1.09. The molecule has 0 saturated heterocycles. The number of anilines is 1. The average molecular weight is 248 g/mol. The Bertz CT molecular complexity index is 405. The maximum Gasteiger partial charge on any atom is 0.0931 e. The minimum Gasteiger partial charge on any atom is -0.398 e. The molecule has 100 valence electrons. The number of nitrogens with zero attached hydrogens (tertiary/aromatic N) is 1. The lowest BCUT2D eigenvalue weighted by molar-refractivity contribution is 0.0195. The highest BCUT2D eigenvalue weighted by Gasteiger charge is 2.34. The minimum absolute atomic E-state index is 0.662. The van der Waals surface area contributed by atoms with Crippen LogP contribution in [0.2, 0.25) is 0 Å². The van der Waals surface area contributed by atoms with Crippen molar-refractivity contribution in [3.05, 3.63) is 24.0 Å². The van der Waals surface area contributed by atoms with Crippen LogP contribution in [0.15, 0.2) is 18.5 Å². The first-order valence-electron chi connectivity index (χ1n) is 6.95. The molecule has 3 heteroatoms. The van der Waals surface area contributed by atoms with E-state index >= 15 is 0 Å². The van der Waals surface area contributed by atoms with Gasteiger partial charge in [-0.15, -0.1) is 0 Å². The molecule has 2 unspecified atom stereocenters. The number of pyridine rings is 1. The smallest absolute Gasteiger partial charge is 0.0931 e. The molecule has 1 fully saturated rings. The van der Waals surface area contributed by atoms with Crippen LogP contribution in [0.25, 0.3) is 0 Å². The number of nitrogens with two attached hydrogens (primary N) is 1. The van der Waals surface area contributed by atoms with Gasteiger partial charge in [0.25, 0.3) is 0 Å². The largest absolute Gasteiger partial charge is 0.398 e. The van der Waals surface area contributed by atoms with Crippen LogP contribution in [0.1, 0.15) is 51.5 Å². The summed E-state index contributed by atoms with van der Waals surface area (Å²) in [5, 5.41) is 10.9. The van der Waals surface area contributed by atoms with Crippen molar-refractivity contribution in [2.45, 2.75) is 51.6 Å². The Morgan fingerprint density at radius 3 is 2.83 bits per heavy atom. The van der Waals surface area contributed by atoms with Gasteiger partial charge in [0, 0.05) is 23.6 Å². The summed E-state index contributed by atoms with van der Waals surface area (Å²) in [6.45, 7) is 4.54. The van der Waals surface area contributed by atoms with Crippen molar-refractivity contribution in [1.82, 2.24) is 4.98 Å². The van der Waals surface area contributed by atoms with Gasteiger partial charge in [-0.25, -0.2) is 0 Å². The number of aliphatic hydroxyl groups is 1. The summed E-state index contributed by atoms with van der Waals surface area (Å²) in [5.74, 6) is 1.41. The van der Waals surface area contributed by atoms with Gasteiger partial charge in [0.15, 0.2) is 0 Å². The average Bonchev–Trinajstić information content (AvgIpc) is 2.52. The molecule has 1 aliphatic rings. The first-order chi connectivity index (χ1) is 8.53. The minimum atomic E-state index is -0.776. The number of rotatable bonds is 2. The van der Waals surface area contributed by atoms with Gasteiger partial charge in [0.1, 0.15) is 0 Å². The summed E-state index contributed by atoms with van der Waals surface area (Å²) in [6, 6.07) is 1.78. The van der Waals surface area contributed by atoms with Gasteiger partial charge in [-0.2, -0.15) is 0 Å². The van der Waals surface area contributed by atoms with Gasteiger partial charge in [0.2, 0.25) is 0 Å². The molecule has 3 N–H and O–H groups in total. The van der Waals surface area contributed by atoms with Gasteiger partial charge in [-0.05, 0) is 43.6 Å². The van der Waals surface area contributed by atoms with Crippen molar-refractivity contribution in [3.63, 3.8) is 0 Å². The van der Waals surface area contributed by atoms with E-state index in [4.69, 9.17) is 5.73 Å². The van der Waals surface area contributed by atoms with E-state index in [9.17, 15) is 5.11 Å². The van der Waals surface area contributed by atoms with E-state index in [0.29, 0.717) is 11.6 Å². The Morgan fingerprint density at radius 2 is 2.17 bits per heavy atom. The lowest BCUT2D eigenvalue weighted by Crippen LogP contribution is -2.26. The molecule has 0 radical (unpaired) electrons. The van der Waals surface area contributed by atoms with Crippen molar-refractivity contribution in [1.29, 1.82) is 0 Å². The SMILES string of the molecule is CC(C)C1CCCC(O)(c2cnccc2N)CC1. The van der Waals surface area contributed by atoms with Crippen molar-refractivity contribution in [2.24, 2.45) is 11.8 Å². The summed E-state index contributed by atoms with van der Waals surface area (Å²) in [7, 11) is 0. The van der Waals surface area contributed by atoms with Crippen molar-refractivity contribution < 1.29 is 5.11 Å². The van der Waals surface area contributed by atoms with Crippen LogP contribution in [0.5, 0.6) is 0 Å². The second kappa shape index (κ2) is 5.27. The van der Waals surface area contributed by atoms with Crippen molar-refractivity contribution in [2.75, 3.05) is 5.73 Å². The molecule has 0 aromatic carbocycles. The zero-order valence-corrected chi connectivity index (χ0v) is 11.4. The standard InChI is InChI=1S/C15H24N2O/c1-11(2)12-4-3-7-15(18,8-5-12)13-10-17-9-6-14(13)16/h6,9-12,18H,3-5,7-8H2,1-2H3,(H2,16,17). The Kier molecular flexibility index (Phi) is 3.91. The van der Waals surface area contributed by atoms with Crippen LogP contribution in [0.4, 0.5) is 5.69 Å². The summed E-state index contributed by atoms with van der Waals surface area (Å²) < 4.78 is 0. The van der Waals surface area contributed by atoms with Crippen molar-refractivity contribution in [3.8, 4) is 0 Å². The van der Waals surface area contributed by atoms with E-state index in [1.165, 1.54) is 6.42 Å². The molecule has 1 heterocycles. The van der Waals surface area contributed by atoms with Gasteiger partial charge in [-0.3, -0.25) is 4.98 Å². The summed E-state index contributed by atoms with van der Waals surface area (Å²) in [4.78, 5) is 4.11. The predicted molar refractivity (Wildman–Crippen MR) is 74.0 cm³/mol. The van der Waals surface area contributed by atoms with Crippen molar-refractivity contribution >= 4 is 5.69 Å². The third-order valence-electron chi connectivity index (χ3n) is 4.39. The molecule has 1 aliphatic carbocycles. The quantitative estimate of drug-likeness (QED) is 0.791. The molecule has 3 nitrogen and oxygen atoms in total. The Morgan fingerprint density at radius 1 is 1.39 bits per heavy atom. The molecule has 2 rings (SSSR count). The highest BCUT2D eigenvalue weighted by atomic mass is 16.3. The van der Waals surface area contributed by atoms with E-state index in [0.717, 1.165) is 37.2 Å². The van der Waals surface area contributed by atoms with E-state index < -0.39 is 5.60 Å². The highest BCUT2D eigenvalue weighted by molar-refractivity contribution is 5.47. The molecular weight excluding hydrogens is 224 g/mol. The van der Waals surface area contributed by atoms with Crippen LogP contribution in [0, 0.1) is 11.8 Å². The molecule has 0 amide bonds. The molecule has 1 saturated carbocycles. The third-order valence-corrected chi connectivity index (χ3v) is 4.39. The zero-order valence-electron chi connectivity index (χ0n) is 11.4. The van der Waals surface area contributed by atoms with E-state index in [1.54, 1.807) is 18.5 Å². The highest BCUT2D eigenvalue weighted by Crippen LogP contribution is 2.41. The summed E-state index contributed by atoms with van der Waals surface area (Å²) in [5.41, 5.74) is 6.68. The molecular formula is C15H24N2O. The van der Waals surface area contributed by atoms with Gasteiger partial charge < -0.3 is 10.8 Å². The maximum atomic E-state index is 10.9. The second-order valence-electron chi connectivity index (χ2n) is 5.93. The molecule has 1 aromatic heterocycles. The topological polar surface area (TPSA) is 59.1 Å². The van der Waals surface area contributed by atoms with Crippen LogP contribution in [-0.2, 0) is 5.60 Å². The molecule has 0 aliphatic heterocycles. The van der Waals surface area contributed by atoms with Crippen LogP contribution in [0.3, 0.4) is 0 Å². The summed E-state index contributed by atoms with van der Waals surface area (Å²) in [6.07, 6.45) is 8.34. The Labute approximate surface area is 109 Å². The van der Waals surface area contributed by atoms with Crippen LogP contribution < -0.4 is 5.73 Å². The zero-order chi connectivity index (χ0) is 13.2. The van der Waals surface area contributed by atoms with E-state index in [2.05, 4.69) is 18.8 Å².